The number of amides is 1. The SMILES string of the molecule is O=C(Cc1ccc(N2CC3CC2CN3C(=O)Cc2ccccc2Cl)nc1)c1nc(-c2ccccc2)oc1C(F)(F)F. The van der Waals surface area contributed by atoms with Crippen molar-refractivity contribution in [3.63, 3.8) is 0 Å². The molecule has 41 heavy (non-hydrogen) atoms. The molecule has 2 aromatic carbocycles. The number of ketones is 1. The maximum Gasteiger partial charge on any atom is 0.452 e. The van der Waals surface area contributed by atoms with Crippen molar-refractivity contribution < 1.29 is 27.2 Å². The van der Waals surface area contributed by atoms with Crippen molar-refractivity contribution in [2.45, 2.75) is 37.5 Å². The summed E-state index contributed by atoms with van der Waals surface area (Å²) in [5.74, 6) is -1.76. The number of rotatable bonds is 7. The Morgan fingerprint density at radius 1 is 0.951 bits per heavy atom. The summed E-state index contributed by atoms with van der Waals surface area (Å²) in [6, 6.07) is 19.0. The molecule has 0 radical (unpaired) electrons. The standard InChI is InChI=1S/C30H24ClF3N4O3/c31-23-9-5-4-8-20(23)13-26(40)38-17-21-14-22(38)16-37(21)25-11-10-18(15-35-25)12-24(39)27-28(30(32,33)34)41-29(36-27)19-6-2-1-3-7-19/h1-11,15,21-22H,12-14,16-17H2. The number of aromatic nitrogens is 2. The molecule has 2 bridgehead atoms. The molecule has 11 heteroatoms. The first-order valence-electron chi connectivity index (χ1n) is 13.1. The number of pyridine rings is 1. The largest absolute Gasteiger partial charge is 0.452 e. The van der Waals surface area contributed by atoms with E-state index >= 15 is 0 Å². The monoisotopic (exact) mass is 580 g/mol. The molecular weight excluding hydrogens is 557 g/mol. The molecule has 6 rings (SSSR count). The van der Waals surface area contributed by atoms with Crippen molar-refractivity contribution in [3.8, 4) is 11.5 Å². The molecule has 0 aliphatic carbocycles. The van der Waals surface area contributed by atoms with Gasteiger partial charge in [0.2, 0.25) is 17.6 Å². The van der Waals surface area contributed by atoms with Crippen LogP contribution in [0.25, 0.3) is 11.5 Å². The molecule has 0 saturated carbocycles. The number of fused-ring (bicyclic) bond motifs is 2. The highest BCUT2D eigenvalue weighted by Gasteiger charge is 2.46. The van der Waals surface area contributed by atoms with Crippen LogP contribution in [-0.4, -0.2) is 51.7 Å². The van der Waals surface area contributed by atoms with Gasteiger partial charge in [0.15, 0.2) is 11.5 Å². The second-order valence-corrected chi connectivity index (χ2v) is 10.6. The third-order valence-corrected chi connectivity index (χ3v) is 7.87. The molecule has 2 aromatic heterocycles. The fraction of sp³-hybridized carbons (Fsp3) is 0.267. The summed E-state index contributed by atoms with van der Waals surface area (Å²) in [5, 5.41) is 0.574. The van der Waals surface area contributed by atoms with E-state index in [4.69, 9.17) is 16.0 Å². The van der Waals surface area contributed by atoms with Crippen LogP contribution in [0.3, 0.4) is 0 Å². The fourth-order valence-corrected chi connectivity index (χ4v) is 5.73. The Kier molecular flexibility index (Phi) is 7.03. The lowest BCUT2D eigenvalue weighted by atomic mass is 10.1. The lowest BCUT2D eigenvalue weighted by Crippen LogP contribution is -2.49. The highest BCUT2D eigenvalue weighted by atomic mass is 35.5. The normalized spacial score (nSPS) is 18.2. The van der Waals surface area contributed by atoms with Gasteiger partial charge >= 0.3 is 6.18 Å². The van der Waals surface area contributed by atoms with Gasteiger partial charge in [-0.05, 0) is 41.8 Å². The van der Waals surface area contributed by atoms with Gasteiger partial charge in [0.25, 0.3) is 0 Å². The van der Waals surface area contributed by atoms with E-state index in [0.717, 1.165) is 12.0 Å². The number of piperazine rings is 1. The molecule has 2 atom stereocenters. The molecule has 7 nitrogen and oxygen atoms in total. The number of benzene rings is 2. The number of alkyl halides is 3. The summed E-state index contributed by atoms with van der Waals surface area (Å²) >= 11 is 6.22. The van der Waals surface area contributed by atoms with E-state index in [9.17, 15) is 22.8 Å². The van der Waals surface area contributed by atoms with Crippen LogP contribution in [0.4, 0.5) is 19.0 Å². The highest BCUT2D eigenvalue weighted by molar-refractivity contribution is 6.31. The number of anilines is 1. The zero-order valence-corrected chi connectivity index (χ0v) is 22.4. The molecule has 4 aromatic rings. The molecule has 2 fully saturated rings. The molecule has 0 N–H and O–H groups in total. The zero-order chi connectivity index (χ0) is 28.7. The molecule has 1 amide bonds. The van der Waals surface area contributed by atoms with E-state index in [1.807, 2.05) is 23.1 Å². The predicted octanol–water partition coefficient (Wildman–Crippen LogP) is 5.87. The molecule has 210 valence electrons. The number of likely N-dealkylation sites (tertiary alicyclic amines) is 1. The number of carbonyl (C=O) groups excluding carboxylic acids is 2. The van der Waals surface area contributed by atoms with Crippen LogP contribution >= 0.6 is 11.6 Å². The van der Waals surface area contributed by atoms with Gasteiger partial charge in [0, 0.05) is 36.3 Å². The second-order valence-electron chi connectivity index (χ2n) is 10.2. The van der Waals surface area contributed by atoms with Gasteiger partial charge in [-0.25, -0.2) is 9.97 Å². The van der Waals surface area contributed by atoms with E-state index in [-0.39, 0.29) is 36.7 Å². The van der Waals surface area contributed by atoms with Crippen LogP contribution in [0.15, 0.2) is 77.3 Å². The Morgan fingerprint density at radius 3 is 2.37 bits per heavy atom. The maximum absolute atomic E-state index is 13.6. The third-order valence-electron chi connectivity index (χ3n) is 7.50. The summed E-state index contributed by atoms with van der Waals surface area (Å²) in [4.78, 5) is 38.3. The topological polar surface area (TPSA) is 79.5 Å². The number of nitrogens with zero attached hydrogens (tertiary/aromatic N) is 4. The van der Waals surface area contributed by atoms with Crippen molar-refractivity contribution in [2.75, 3.05) is 18.0 Å². The Labute approximate surface area is 238 Å². The van der Waals surface area contributed by atoms with Crippen LogP contribution in [0.2, 0.25) is 5.02 Å². The smallest absolute Gasteiger partial charge is 0.431 e. The van der Waals surface area contributed by atoms with Crippen molar-refractivity contribution >= 4 is 29.1 Å². The quantitative estimate of drug-likeness (QED) is 0.255. The lowest BCUT2D eigenvalue weighted by molar-refractivity contribution is -0.153. The minimum absolute atomic E-state index is 0.0357. The Hall–Kier alpha value is -4.18. The Balaban J connectivity index is 1.11. The van der Waals surface area contributed by atoms with Crippen LogP contribution in [-0.2, 0) is 23.8 Å². The van der Waals surface area contributed by atoms with Gasteiger partial charge in [0.05, 0.1) is 18.5 Å². The van der Waals surface area contributed by atoms with E-state index in [1.165, 1.54) is 6.20 Å². The molecule has 4 heterocycles. The van der Waals surface area contributed by atoms with Gasteiger partial charge in [-0.2, -0.15) is 13.2 Å². The first kappa shape index (κ1) is 27.0. The summed E-state index contributed by atoms with van der Waals surface area (Å²) in [5.41, 5.74) is 0.845. The number of oxazole rings is 1. The zero-order valence-electron chi connectivity index (χ0n) is 21.6. The van der Waals surface area contributed by atoms with Crippen molar-refractivity contribution in [3.05, 3.63) is 101 Å². The number of hydrogen-bond acceptors (Lipinski definition) is 6. The highest BCUT2D eigenvalue weighted by Crippen LogP contribution is 2.37. The third kappa shape index (κ3) is 5.44. The average Bonchev–Trinajstić information content (AvgIpc) is 3.70. The fourth-order valence-electron chi connectivity index (χ4n) is 5.52. The number of Topliss-reactive ketones (excluding diaryl/α,β-unsaturated/α-hetero) is 1. The maximum atomic E-state index is 13.6. The van der Waals surface area contributed by atoms with Crippen LogP contribution in [0.5, 0.6) is 0 Å². The molecule has 2 aliphatic heterocycles. The van der Waals surface area contributed by atoms with E-state index in [0.29, 0.717) is 35.1 Å². The van der Waals surface area contributed by atoms with Crippen LogP contribution < -0.4 is 4.90 Å². The Morgan fingerprint density at radius 2 is 1.71 bits per heavy atom. The summed E-state index contributed by atoms with van der Waals surface area (Å²) in [6.07, 6.45) is -2.62. The molecule has 2 unspecified atom stereocenters. The number of hydrogen-bond donors (Lipinski definition) is 0. The van der Waals surface area contributed by atoms with Crippen molar-refractivity contribution in [1.29, 1.82) is 0 Å². The molecular formula is C30H24ClF3N4O3. The lowest BCUT2D eigenvalue weighted by Gasteiger charge is -2.35. The molecule has 2 aliphatic rings. The predicted molar refractivity (Wildman–Crippen MR) is 146 cm³/mol. The van der Waals surface area contributed by atoms with Gasteiger partial charge in [-0.15, -0.1) is 0 Å². The number of carbonyl (C=O) groups is 2. The van der Waals surface area contributed by atoms with Crippen molar-refractivity contribution in [1.82, 2.24) is 14.9 Å². The van der Waals surface area contributed by atoms with Gasteiger partial charge < -0.3 is 14.2 Å². The van der Waals surface area contributed by atoms with Gasteiger partial charge in [-0.3, -0.25) is 9.59 Å². The summed E-state index contributed by atoms with van der Waals surface area (Å²) in [6.45, 7) is 1.20. The number of halogens is 4. The van der Waals surface area contributed by atoms with Crippen molar-refractivity contribution in [2.24, 2.45) is 0 Å². The first-order chi connectivity index (χ1) is 19.7. The van der Waals surface area contributed by atoms with Crippen LogP contribution in [0, 0.1) is 0 Å². The van der Waals surface area contributed by atoms with E-state index in [2.05, 4.69) is 14.9 Å². The molecule has 2 saturated heterocycles. The van der Waals surface area contributed by atoms with E-state index in [1.54, 1.807) is 48.5 Å². The van der Waals surface area contributed by atoms with Gasteiger partial charge in [0.1, 0.15) is 5.82 Å². The molecule has 0 spiro atoms. The van der Waals surface area contributed by atoms with Gasteiger partial charge in [-0.1, -0.05) is 54.1 Å². The first-order valence-corrected chi connectivity index (χ1v) is 13.5. The minimum Gasteiger partial charge on any atom is -0.431 e. The second kappa shape index (κ2) is 10.7. The van der Waals surface area contributed by atoms with Crippen LogP contribution in [0.1, 0.15) is 33.8 Å². The van der Waals surface area contributed by atoms with E-state index < -0.39 is 23.4 Å². The average molecular weight is 581 g/mol. The summed E-state index contributed by atoms with van der Waals surface area (Å²) < 4.78 is 45.9. The minimum atomic E-state index is -4.87. The Bertz CT molecular complexity index is 1590. The summed E-state index contributed by atoms with van der Waals surface area (Å²) in [7, 11) is 0.